The third-order valence-corrected chi connectivity index (χ3v) is 5.50. The summed E-state index contributed by atoms with van der Waals surface area (Å²) in [6.07, 6.45) is 1.85. The maximum absolute atomic E-state index is 12.2. The van der Waals surface area contributed by atoms with Crippen molar-refractivity contribution >= 4 is 29.6 Å². The van der Waals surface area contributed by atoms with Gasteiger partial charge < -0.3 is 15.0 Å². The molecule has 1 aromatic carbocycles. The second-order valence-corrected chi connectivity index (χ2v) is 7.95. The van der Waals surface area contributed by atoms with Gasteiger partial charge in [-0.25, -0.2) is 4.79 Å². The zero-order chi connectivity index (χ0) is 21.3. The molecule has 0 spiro atoms. The number of thioether (sulfide) groups is 1. The van der Waals surface area contributed by atoms with E-state index in [4.69, 9.17) is 4.74 Å². The van der Waals surface area contributed by atoms with Crippen LogP contribution in [0.5, 0.6) is 0 Å². The van der Waals surface area contributed by atoms with Gasteiger partial charge in [-0.3, -0.25) is 14.7 Å². The van der Waals surface area contributed by atoms with Crippen LogP contribution in [0.4, 0.5) is 10.7 Å². The van der Waals surface area contributed by atoms with Gasteiger partial charge in [-0.05, 0) is 31.0 Å². The van der Waals surface area contributed by atoms with Crippen molar-refractivity contribution in [3.05, 3.63) is 29.8 Å². The summed E-state index contributed by atoms with van der Waals surface area (Å²) < 4.78 is 7.40. The molecular formula is C20H28N6O3S. The number of unbranched alkanes of at least 4 members (excludes halogenated alkanes) is 1. The quantitative estimate of drug-likeness (QED) is 0.487. The molecule has 0 radical (unpaired) electrons. The Kier molecular flexibility index (Phi) is 8.09. The van der Waals surface area contributed by atoms with Crippen LogP contribution in [0.15, 0.2) is 29.4 Å². The van der Waals surface area contributed by atoms with E-state index in [2.05, 4.69) is 31.8 Å². The fourth-order valence-electron chi connectivity index (χ4n) is 3.03. The first-order valence-corrected chi connectivity index (χ1v) is 11.1. The zero-order valence-electron chi connectivity index (χ0n) is 17.4. The van der Waals surface area contributed by atoms with Crippen molar-refractivity contribution in [3.8, 4) is 5.69 Å². The fraction of sp³-hybridized carbons (Fsp3) is 0.500. The summed E-state index contributed by atoms with van der Waals surface area (Å²) in [5.41, 5.74) is 2.05. The van der Waals surface area contributed by atoms with Crippen molar-refractivity contribution in [1.29, 1.82) is 0 Å². The summed E-state index contributed by atoms with van der Waals surface area (Å²) in [7, 11) is 0. The maximum Gasteiger partial charge on any atom is 0.321 e. The van der Waals surface area contributed by atoms with E-state index in [1.165, 1.54) is 11.8 Å². The number of aryl methyl sites for hydroxylation is 1. The number of morpholine rings is 1. The van der Waals surface area contributed by atoms with Gasteiger partial charge >= 0.3 is 6.03 Å². The SMILES string of the molecule is CCCCNC(=O)NC(=O)CSc1nnc(N2CCOCC2)n1-c1cccc(C)c1. The highest BCUT2D eigenvalue weighted by atomic mass is 32.2. The molecule has 0 saturated carbocycles. The lowest BCUT2D eigenvalue weighted by Gasteiger charge is -2.28. The van der Waals surface area contributed by atoms with Crippen LogP contribution in [0.2, 0.25) is 0 Å². The third-order valence-electron chi connectivity index (χ3n) is 4.57. The standard InChI is InChI=1S/C20H28N6O3S/c1-3-4-8-21-18(28)22-17(27)14-30-20-24-23-19(25-9-11-29-12-10-25)26(20)16-7-5-6-15(2)13-16/h5-7,13H,3-4,8-12,14H2,1-2H3,(H2,21,22,27,28). The van der Waals surface area contributed by atoms with Crippen molar-refractivity contribution in [2.24, 2.45) is 0 Å². The van der Waals surface area contributed by atoms with Crippen molar-refractivity contribution < 1.29 is 14.3 Å². The number of benzene rings is 1. The molecule has 1 aliphatic heterocycles. The Bertz CT molecular complexity index is 866. The van der Waals surface area contributed by atoms with Crippen LogP contribution in [-0.2, 0) is 9.53 Å². The van der Waals surface area contributed by atoms with Crippen LogP contribution in [-0.4, -0.2) is 65.3 Å². The Hall–Kier alpha value is -2.59. The summed E-state index contributed by atoms with van der Waals surface area (Å²) in [4.78, 5) is 26.1. The molecule has 30 heavy (non-hydrogen) atoms. The Morgan fingerprint density at radius 2 is 2.03 bits per heavy atom. The van der Waals surface area contributed by atoms with Gasteiger partial charge in [-0.2, -0.15) is 0 Å². The second kappa shape index (κ2) is 11.0. The number of urea groups is 1. The minimum atomic E-state index is -0.469. The Morgan fingerprint density at radius 3 is 2.77 bits per heavy atom. The lowest BCUT2D eigenvalue weighted by atomic mass is 10.2. The van der Waals surface area contributed by atoms with Gasteiger partial charge in [-0.15, -0.1) is 10.2 Å². The van der Waals surface area contributed by atoms with E-state index >= 15 is 0 Å². The third kappa shape index (κ3) is 5.96. The molecule has 0 atom stereocenters. The first-order valence-electron chi connectivity index (χ1n) is 10.1. The number of nitrogens with zero attached hydrogens (tertiary/aromatic N) is 4. The summed E-state index contributed by atoms with van der Waals surface area (Å²) in [6.45, 7) is 7.35. The van der Waals surface area contributed by atoms with Gasteiger partial charge in [0.1, 0.15) is 0 Å². The molecule has 2 heterocycles. The lowest BCUT2D eigenvalue weighted by molar-refractivity contribution is -0.117. The number of amides is 3. The van der Waals surface area contributed by atoms with Gasteiger partial charge in [0.25, 0.3) is 0 Å². The molecule has 10 heteroatoms. The number of ether oxygens (including phenoxy) is 1. The van der Waals surface area contributed by atoms with Gasteiger partial charge in [0.2, 0.25) is 11.9 Å². The zero-order valence-corrected chi connectivity index (χ0v) is 18.2. The molecule has 1 aromatic heterocycles. The number of imide groups is 1. The van der Waals surface area contributed by atoms with Gasteiger partial charge in [0.05, 0.1) is 24.7 Å². The number of hydrogen-bond acceptors (Lipinski definition) is 7. The molecule has 1 fully saturated rings. The van der Waals surface area contributed by atoms with E-state index in [0.29, 0.717) is 24.9 Å². The number of anilines is 1. The van der Waals surface area contributed by atoms with Crippen molar-refractivity contribution in [2.45, 2.75) is 31.8 Å². The van der Waals surface area contributed by atoms with Crippen LogP contribution in [0.25, 0.3) is 5.69 Å². The van der Waals surface area contributed by atoms with E-state index in [0.717, 1.165) is 43.1 Å². The predicted molar refractivity (Wildman–Crippen MR) is 116 cm³/mol. The highest BCUT2D eigenvalue weighted by Crippen LogP contribution is 2.27. The van der Waals surface area contributed by atoms with Crippen molar-refractivity contribution in [1.82, 2.24) is 25.4 Å². The smallest absolute Gasteiger partial charge is 0.321 e. The van der Waals surface area contributed by atoms with Gasteiger partial charge in [0.15, 0.2) is 5.16 Å². The number of carbonyl (C=O) groups excluding carboxylic acids is 2. The summed E-state index contributed by atoms with van der Waals surface area (Å²) in [5.74, 6) is 0.415. The van der Waals surface area contributed by atoms with Gasteiger partial charge in [0, 0.05) is 19.6 Å². The molecule has 2 aromatic rings. The molecule has 0 bridgehead atoms. The average Bonchev–Trinajstić information content (AvgIpc) is 3.17. The highest BCUT2D eigenvalue weighted by molar-refractivity contribution is 7.99. The number of rotatable bonds is 8. The van der Waals surface area contributed by atoms with E-state index in [9.17, 15) is 9.59 Å². The highest BCUT2D eigenvalue weighted by Gasteiger charge is 2.22. The Morgan fingerprint density at radius 1 is 1.23 bits per heavy atom. The molecular weight excluding hydrogens is 404 g/mol. The largest absolute Gasteiger partial charge is 0.378 e. The topological polar surface area (TPSA) is 101 Å². The normalized spacial score (nSPS) is 13.9. The molecule has 9 nitrogen and oxygen atoms in total. The minimum absolute atomic E-state index is 0.0637. The van der Waals surface area contributed by atoms with E-state index in [1.54, 1.807) is 0 Å². The molecule has 3 amide bonds. The van der Waals surface area contributed by atoms with E-state index in [1.807, 2.05) is 36.6 Å². The van der Waals surface area contributed by atoms with E-state index < -0.39 is 6.03 Å². The number of carbonyl (C=O) groups is 2. The maximum atomic E-state index is 12.2. The summed E-state index contributed by atoms with van der Waals surface area (Å²) in [6, 6.07) is 7.59. The average molecular weight is 433 g/mol. The molecule has 1 aliphatic rings. The van der Waals surface area contributed by atoms with Gasteiger partial charge in [-0.1, -0.05) is 37.2 Å². The Labute approximate surface area is 180 Å². The molecule has 1 saturated heterocycles. The van der Waals surface area contributed by atoms with Crippen molar-refractivity contribution in [3.63, 3.8) is 0 Å². The van der Waals surface area contributed by atoms with Crippen LogP contribution in [0.3, 0.4) is 0 Å². The van der Waals surface area contributed by atoms with E-state index in [-0.39, 0.29) is 11.7 Å². The number of hydrogen-bond donors (Lipinski definition) is 2. The molecule has 0 aliphatic carbocycles. The van der Waals surface area contributed by atoms with Crippen LogP contribution >= 0.6 is 11.8 Å². The Balaban J connectivity index is 1.72. The summed E-state index contributed by atoms with van der Waals surface area (Å²) >= 11 is 1.25. The molecule has 0 unspecified atom stereocenters. The molecule has 3 rings (SSSR count). The predicted octanol–water partition coefficient (Wildman–Crippen LogP) is 2.13. The number of aromatic nitrogens is 3. The van der Waals surface area contributed by atoms with Crippen LogP contribution in [0, 0.1) is 6.92 Å². The first-order chi connectivity index (χ1) is 14.6. The second-order valence-electron chi connectivity index (χ2n) is 7.00. The van der Waals surface area contributed by atoms with Crippen LogP contribution < -0.4 is 15.5 Å². The monoisotopic (exact) mass is 432 g/mol. The molecule has 2 N–H and O–H groups in total. The number of nitrogens with one attached hydrogen (secondary N) is 2. The van der Waals surface area contributed by atoms with Crippen LogP contribution in [0.1, 0.15) is 25.3 Å². The van der Waals surface area contributed by atoms with Crippen molar-refractivity contribution in [2.75, 3.05) is 43.5 Å². The first kappa shape index (κ1) is 22.1. The lowest BCUT2D eigenvalue weighted by Crippen LogP contribution is -2.40. The molecule has 162 valence electrons. The fourth-order valence-corrected chi connectivity index (χ4v) is 3.78. The summed E-state index contributed by atoms with van der Waals surface area (Å²) in [5, 5.41) is 14.3. The minimum Gasteiger partial charge on any atom is -0.378 e.